The number of thiophene rings is 1. The zero-order valence-corrected chi connectivity index (χ0v) is 16.1. The van der Waals surface area contributed by atoms with E-state index in [1.807, 2.05) is 13.0 Å². The number of hydrogen-bond acceptors (Lipinski definition) is 4. The van der Waals surface area contributed by atoms with Crippen LogP contribution in [0.1, 0.15) is 16.1 Å². The molecule has 1 aromatic carbocycles. The van der Waals surface area contributed by atoms with Gasteiger partial charge in [-0.25, -0.2) is 9.67 Å². The number of aromatic nitrogens is 3. The first-order valence-corrected chi connectivity index (χ1v) is 9.28. The van der Waals surface area contributed by atoms with Crippen LogP contribution in [-0.2, 0) is 6.18 Å². The summed E-state index contributed by atoms with van der Waals surface area (Å²) in [6.45, 7) is 3.47. The summed E-state index contributed by atoms with van der Waals surface area (Å²) in [4.78, 5) is 6.24. The second-order valence-electron chi connectivity index (χ2n) is 6.36. The number of aryl methyl sites for hydroxylation is 2. The molecule has 4 rings (SSSR count). The van der Waals surface area contributed by atoms with Crippen molar-refractivity contribution < 1.29 is 17.9 Å². The molecule has 0 bridgehead atoms. The summed E-state index contributed by atoms with van der Waals surface area (Å²) in [5.74, 6) is 0.649. The molecule has 0 radical (unpaired) electrons. The van der Waals surface area contributed by atoms with Crippen LogP contribution in [0.5, 0.6) is 5.75 Å². The molecule has 3 heterocycles. The Morgan fingerprint density at radius 3 is 2.32 bits per heavy atom. The number of nitrogens with zero attached hydrogens (tertiary/aromatic N) is 3. The van der Waals surface area contributed by atoms with Crippen molar-refractivity contribution >= 4 is 22.4 Å². The largest absolute Gasteiger partial charge is 0.497 e. The number of rotatable bonds is 3. The zero-order valence-electron chi connectivity index (χ0n) is 15.3. The fourth-order valence-corrected chi connectivity index (χ4v) is 3.94. The van der Waals surface area contributed by atoms with E-state index in [0.717, 1.165) is 10.9 Å². The summed E-state index contributed by atoms with van der Waals surface area (Å²) in [6.07, 6.45) is -4.51. The van der Waals surface area contributed by atoms with Crippen LogP contribution in [0.4, 0.5) is 13.2 Å². The van der Waals surface area contributed by atoms with Crippen LogP contribution in [0.15, 0.2) is 42.5 Å². The van der Waals surface area contributed by atoms with Gasteiger partial charge in [-0.1, -0.05) is 0 Å². The quantitative estimate of drug-likeness (QED) is 0.434. The molecule has 4 nitrogen and oxygen atoms in total. The third-order valence-corrected chi connectivity index (χ3v) is 5.45. The summed E-state index contributed by atoms with van der Waals surface area (Å²) >= 11 is 1.41. The minimum atomic E-state index is -4.51. The average molecular weight is 403 g/mol. The molecule has 8 heteroatoms. The Bertz CT molecular complexity index is 1160. The van der Waals surface area contributed by atoms with Crippen molar-refractivity contribution in [2.24, 2.45) is 0 Å². The third-order valence-electron chi connectivity index (χ3n) is 4.43. The van der Waals surface area contributed by atoms with Gasteiger partial charge in [-0.05, 0) is 56.3 Å². The average Bonchev–Trinajstić information content (AvgIpc) is 3.24. The van der Waals surface area contributed by atoms with Crippen LogP contribution in [0, 0.1) is 13.8 Å². The van der Waals surface area contributed by atoms with Gasteiger partial charge in [0.05, 0.1) is 40.0 Å². The number of hydrogen-bond donors (Lipinski definition) is 0. The summed E-state index contributed by atoms with van der Waals surface area (Å²) in [5.41, 5.74) is 0.625. The van der Waals surface area contributed by atoms with Crippen LogP contribution >= 0.6 is 11.3 Å². The molecule has 0 saturated carbocycles. The monoisotopic (exact) mass is 403 g/mol. The predicted octanol–water partition coefficient (Wildman–Crippen LogP) is 5.79. The first kappa shape index (κ1) is 18.5. The van der Waals surface area contributed by atoms with Crippen LogP contribution in [0.2, 0.25) is 0 Å². The highest BCUT2D eigenvalue weighted by Gasteiger charge is 2.36. The fourth-order valence-electron chi connectivity index (χ4n) is 3.11. The maximum Gasteiger partial charge on any atom is 0.417 e. The summed E-state index contributed by atoms with van der Waals surface area (Å²) in [6, 6.07) is 11.7. The Balaban J connectivity index is 2.01. The number of halogens is 3. The number of methoxy groups -OCH3 is 1. The molecule has 0 atom stereocenters. The molecule has 0 N–H and O–H groups in total. The van der Waals surface area contributed by atoms with E-state index in [9.17, 15) is 13.2 Å². The Morgan fingerprint density at radius 1 is 1.04 bits per heavy atom. The van der Waals surface area contributed by atoms with Gasteiger partial charge < -0.3 is 4.74 Å². The van der Waals surface area contributed by atoms with E-state index in [1.165, 1.54) is 16.0 Å². The number of pyridine rings is 1. The highest BCUT2D eigenvalue weighted by Crippen LogP contribution is 2.39. The highest BCUT2D eigenvalue weighted by atomic mass is 32.1. The third kappa shape index (κ3) is 3.13. The molecule has 0 aliphatic heterocycles. The number of fused-ring (bicyclic) bond motifs is 1. The van der Waals surface area contributed by atoms with Crippen molar-refractivity contribution in [3.63, 3.8) is 0 Å². The van der Waals surface area contributed by atoms with E-state index < -0.39 is 11.7 Å². The Morgan fingerprint density at radius 2 is 1.75 bits per heavy atom. The maximum atomic E-state index is 13.8. The molecule has 0 aliphatic carbocycles. The van der Waals surface area contributed by atoms with Crippen molar-refractivity contribution in [2.45, 2.75) is 20.0 Å². The second kappa shape index (κ2) is 6.63. The van der Waals surface area contributed by atoms with Gasteiger partial charge in [-0.2, -0.15) is 18.3 Å². The standard InChI is InChI=1S/C20H16F3N3OS/c1-11-4-9-17(28-11)16-10-15(20(21,22)23)18-12(2)25-26(19(18)24-16)13-5-7-14(27-3)8-6-13/h4-10H,1-3H3. The lowest BCUT2D eigenvalue weighted by atomic mass is 10.1. The van der Waals surface area contributed by atoms with Crippen molar-refractivity contribution in [2.75, 3.05) is 7.11 Å². The van der Waals surface area contributed by atoms with E-state index >= 15 is 0 Å². The zero-order chi connectivity index (χ0) is 20.1. The van der Waals surface area contributed by atoms with Gasteiger partial charge in [0.1, 0.15) is 5.75 Å². The second-order valence-corrected chi connectivity index (χ2v) is 7.64. The fraction of sp³-hybridized carbons (Fsp3) is 0.200. The molecule has 0 amide bonds. The van der Waals surface area contributed by atoms with Crippen molar-refractivity contribution in [3.05, 3.63) is 58.6 Å². The normalized spacial score (nSPS) is 11.9. The number of benzene rings is 1. The molecule has 0 aliphatic rings. The van der Waals surface area contributed by atoms with Crippen molar-refractivity contribution in [1.82, 2.24) is 14.8 Å². The van der Waals surface area contributed by atoms with Gasteiger partial charge in [0.25, 0.3) is 0 Å². The minimum absolute atomic E-state index is 0.0142. The lowest BCUT2D eigenvalue weighted by molar-refractivity contribution is -0.136. The molecule has 3 aromatic heterocycles. The molecule has 0 unspecified atom stereocenters. The van der Waals surface area contributed by atoms with Crippen LogP contribution in [-0.4, -0.2) is 21.9 Å². The molecule has 4 aromatic rings. The first-order chi connectivity index (χ1) is 13.3. The smallest absolute Gasteiger partial charge is 0.417 e. The van der Waals surface area contributed by atoms with Crippen LogP contribution in [0.25, 0.3) is 27.3 Å². The Kier molecular flexibility index (Phi) is 4.38. The summed E-state index contributed by atoms with van der Waals surface area (Å²) in [7, 11) is 1.55. The van der Waals surface area contributed by atoms with Crippen molar-refractivity contribution in [3.8, 4) is 22.0 Å². The molecule has 144 valence electrons. The molecule has 0 fully saturated rings. The summed E-state index contributed by atoms with van der Waals surface area (Å²) < 4.78 is 48.1. The van der Waals surface area contributed by atoms with E-state index in [0.29, 0.717) is 16.3 Å². The molecule has 0 spiro atoms. The number of ether oxygens (including phenoxy) is 1. The maximum absolute atomic E-state index is 13.8. The van der Waals surface area contributed by atoms with Gasteiger partial charge >= 0.3 is 6.18 Å². The molecular weight excluding hydrogens is 387 g/mol. The van der Waals surface area contributed by atoms with E-state index in [2.05, 4.69) is 10.1 Å². The lowest BCUT2D eigenvalue weighted by Crippen LogP contribution is -2.07. The van der Waals surface area contributed by atoms with Gasteiger partial charge in [-0.3, -0.25) is 0 Å². The van der Waals surface area contributed by atoms with E-state index in [-0.39, 0.29) is 22.4 Å². The van der Waals surface area contributed by atoms with Gasteiger partial charge in [0.2, 0.25) is 0 Å². The SMILES string of the molecule is COc1ccc(-n2nc(C)c3c(C(F)(F)F)cc(-c4ccc(C)s4)nc32)cc1. The van der Waals surface area contributed by atoms with Crippen molar-refractivity contribution in [1.29, 1.82) is 0 Å². The van der Waals surface area contributed by atoms with Crippen LogP contribution < -0.4 is 4.74 Å². The first-order valence-electron chi connectivity index (χ1n) is 8.47. The highest BCUT2D eigenvalue weighted by molar-refractivity contribution is 7.15. The number of alkyl halides is 3. The van der Waals surface area contributed by atoms with E-state index in [4.69, 9.17) is 4.74 Å². The Hall–Kier alpha value is -2.87. The Labute approximate surface area is 163 Å². The van der Waals surface area contributed by atoms with Gasteiger partial charge in [0, 0.05) is 4.88 Å². The molecular formula is C20H16F3N3OS. The predicted molar refractivity (Wildman–Crippen MR) is 103 cm³/mol. The molecule has 28 heavy (non-hydrogen) atoms. The van der Waals surface area contributed by atoms with Crippen LogP contribution in [0.3, 0.4) is 0 Å². The topological polar surface area (TPSA) is 39.9 Å². The van der Waals surface area contributed by atoms with Gasteiger partial charge in [-0.15, -0.1) is 11.3 Å². The van der Waals surface area contributed by atoms with E-state index in [1.54, 1.807) is 44.4 Å². The summed E-state index contributed by atoms with van der Waals surface area (Å²) in [5, 5.41) is 4.36. The lowest BCUT2D eigenvalue weighted by Gasteiger charge is -2.11. The molecule has 0 saturated heterocycles. The minimum Gasteiger partial charge on any atom is -0.497 e. The van der Waals surface area contributed by atoms with Gasteiger partial charge in [0.15, 0.2) is 5.65 Å².